The minimum absolute atomic E-state index is 0.802. The van der Waals surface area contributed by atoms with Crippen LogP contribution in [0.5, 0.6) is 0 Å². The van der Waals surface area contributed by atoms with Gasteiger partial charge in [-0.05, 0) is 31.4 Å². The first-order valence-electron chi connectivity index (χ1n) is 5.35. The molecule has 0 unspecified atom stereocenters. The number of nitrogens with zero attached hydrogens (tertiary/aromatic N) is 5. The van der Waals surface area contributed by atoms with Crippen LogP contribution < -0.4 is 4.90 Å². The van der Waals surface area contributed by atoms with E-state index in [1.54, 1.807) is 10.8 Å². The van der Waals surface area contributed by atoms with Crippen molar-refractivity contribution in [1.82, 2.24) is 19.8 Å². The van der Waals surface area contributed by atoms with E-state index in [0.717, 1.165) is 24.6 Å². The molecule has 0 radical (unpaired) electrons. The molecule has 0 bridgehead atoms. The molecular weight excluding hydrogens is 190 g/mol. The number of anilines is 1. The Hall–Kier alpha value is -1.65. The second-order valence-corrected chi connectivity index (χ2v) is 3.87. The lowest BCUT2D eigenvalue weighted by atomic mass is 10.1. The van der Waals surface area contributed by atoms with Crippen molar-refractivity contribution in [2.24, 2.45) is 0 Å². The van der Waals surface area contributed by atoms with Gasteiger partial charge in [0.1, 0.15) is 12.1 Å². The molecule has 3 rings (SSSR count). The molecule has 0 amide bonds. The van der Waals surface area contributed by atoms with Crippen molar-refractivity contribution < 1.29 is 0 Å². The van der Waals surface area contributed by atoms with E-state index < -0.39 is 0 Å². The average Bonchev–Trinajstić information content (AvgIpc) is 2.77. The van der Waals surface area contributed by atoms with E-state index in [9.17, 15) is 0 Å². The number of piperidine rings is 1. The highest BCUT2D eigenvalue weighted by atomic mass is 15.4. The second-order valence-electron chi connectivity index (χ2n) is 3.87. The van der Waals surface area contributed by atoms with Gasteiger partial charge in [0.2, 0.25) is 0 Å². The van der Waals surface area contributed by atoms with Crippen LogP contribution in [0.4, 0.5) is 5.82 Å². The maximum absolute atomic E-state index is 4.48. The van der Waals surface area contributed by atoms with E-state index >= 15 is 0 Å². The van der Waals surface area contributed by atoms with Crippen LogP contribution in [0, 0.1) is 0 Å². The van der Waals surface area contributed by atoms with Gasteiger partial charge in [0.05, 0.1) is 0 Å². The lowest BCUT2D eigenvalue weighted by molar-refractivity contribution is 0.570. The molecule has 15 heavy (non-hydrogen) atoms. The Labute approximate surface area is 87.7 Å². The fourth-order valence-electron chi connectivity index (χ4n) is 2.01. The van der Waals surface area contributed by atoms with Crippen molar-refractivity contribution in [2.75, 3.05) is 18.0 Å². The fraction of sp³-hybridized carbons (Fsp3) is 0.500. The Kier molecular flexibility index (Phi) is 2.01. The van der Waals surface area contributed by atoms with E-state index in [0.29, 0.717) is 0 Å². The Balaban J connectivity index is 1.95. The normalized spacial score (nSPS) is 17.2. The van der Waals surface area contributed by atoms with Crippen LogP contribution in [0.1, 0.15) is 19.3 Å². The number of fused-ring (bicyclic) bond motifs is 1. The molecule has 2 aromatic rings. The molecule has 0 spiro atoms. The summed E-state index contributed by atoms with van der Waals surface area (Å²) in [6.07, 6.45) is 5.51. The highest BCUT2D eigenvalue weighted by Gasteiger charge is 2.12. The van der Waals surface area contributed by atoms with Gasteiger partial charge in [0, 0.05) is 13.1 Å². The zero-order valence-electron chi connectivity index (χ0n) is 8.50. The Morgan fingerprint density at radius 2 is 1.93 bits per heavy atom. The third kappa shape index (κ3) is 1.54. The molecule has 78 valence electrons. The van der Waals surface area contributed by atoms with Gasteiger partial charge in [-0.3, -0.25) is 0 Å². The summed E-state index contributed by atoms with van der Waals surface area (Å²) in [5.74, 6) is 1.03. The van der Waals surface area contributed by atoms with Gasteiger partial charge in [-0.1, -0.05) is 0 Å². The van der Waals surface area contributed by atoms with Crippen LogP contribution in [0.15, 0.2) is 18.5 Å². The summed E-state index contributed by atoms with van der Waals surface area (Å²) in [6.45, 7) is 2.22. The summed E-state index contributed by atoms with van der Waals surface area (Å²) in [7, 11) is 0. The molecule has 0 N–H and O–H groups in total. The molecule has 0 saturated carbocycles. The van der Waals surface area contributed by atoms with Crippen molar-refractivity contribution in [3.8, 4) is 0 Å². The Morgan fingerprint density at radius 1 is 1.07 bits per heavy atom. The highest BCUT2D eigenvalue weighted by Crippen LogP contribution is 2.16. The SMILES string of the molecule is c1cc2nncn2nc1N1CCCCC1. The van der Waals surface area contributed by atoms with Crippen LogP contribution in [0.25, 0.3) is 5.65 Å². The number of rotatable bonds is 1. The Bertz CT molecular complexity index is 458. The fourth-order valence-corrected chi connectivity index (χ4v) is 2.01. The highest BCUT2D eigenvalue weighted by molar-refractivity contribution is 5.45. The number of hydrogen-bond acceptors (Lipinski definition) is 4. The first-order chi connectivity index (χ1) is 7.43. The predicted octanol–water partition coefficient (Wildman–Crippen LogP) is 1.11. The summed E-state index contributed by atoms with van der Waals surface area (Å²) in [4.78, 5) is 2.32. The van der Waals surface area contributed by atoms with Gasteiger partial charge in [-0.2, -0.15) is 4.52 Å². The molecule has 1 fully saturated rings. The lowest BCUT2D eigenvalue weighted by Crippen LogP contribution is -2.30. The molecular formula is C10H13N5. The monoisotopic (exact) mass is 203 g/mol. The van der Waals surface area contributed by atoms with Crippen molar-refractivity contribution in [3.05, 3.63) is 18.5 Å². The van der Waals surface area contributed by atoms with Gasteiger partial charge >= 0.3 is 0 Å². The molecule has 5 heteroatoms. The van der Waals surface area contributed by atoms with E-state index in [2.05, 4.69) is 20.2 Å². The maximum Gasteiger partial charge on any atom is 0.177 e. The average molecular weight is 203 g/mol. The van der Waals surface area contributed by atoms with Crippen LogP contribution in [0.3, 0.4) is 0 Å². The molecule has 1 aliphatic heterocycles. The standard InChI is InChI=1S/C10H13N5/c1-2-6-14(7-3-1)10-5-4-9-12-11-8-15(9)13-10/h4-5,8H,1-3,6-7H2. The van der Waals surface area contributed by atoms with Crippen molar-refractivity contribution in [1.29, 1.82) is 0 Å². The van der Waals surface area contributed by atoms with E-state index in [1.165, 1.54) is 19.3 Å². The molecule has 0 aliphatic carbocycles. The van der Waals surface area contributed by atoms with Crippen LogP contribution in [-0.4, -0.2) is 32.9 Å². The van der Waals surface area contributed by atoms with Gasteiger partial charge < -0.3 is 4.90 Å². The summed E-state index contributed by atoms with van der Waals surface area (Å²) >= 11 is 0. The summed E-state index contributed by atoms with van der Waals surface area (Å²) < 4.78 is 1.73. The minimum atomic E-state index is 0.802. The smallest absolute Gasteiger partial charge is 0.177 e. The molecule has 1 saturated heterocycles. The van der Waals surface area contributed by atoms with Gasteiger partial charge in [0.25, 0.3) is 0 Å². The summed E-state index contributed by atoms with van der Waals surface area (Å²) in [5, 5.41) is 12.2. The number of hydrogen-bond donors (Lipinski definition) is 0. The van der Waals surface area contributed by atoms with Gasteiger partial charge in [-0.15, -0.1) is 15.3 Å². The van der Waals surface area contributed by atoms with Crippen LogP contribution >= 0.6 is 0 Å². The molecule has 5 nitrogen and oxygen atoms in total. The second kappa shape index (κ2) is 3.49. The first-order valence-corrected chi connectivity index (χ1v) is 5.35. The maximum atomic E-state index is 4.48. The minimum Gasteiger partial charge on any atom is -0.355 e. The molecule has 0 atom stereocenters. The predicted molar refractivity (Wildman–Crippen MR) is 56.8 cm³/mol. The van der Waals surface area contributed by atoms with E-state index in [1.807, 2.05) is 12.1 Å². The molecule has 2 aromatic heterocycles. The summed E-state index contributed by atoms with van der Waals surface area (Å²) in [6, 6.07) is 3.99. The zero-order valence-corrected chi connectivity index (χ0v) is 8.50. The Morgan fingerprint density at radius 3 is 2.80 bits per heavy atom. The van der Waals surface area contributed by atoms with E-state index in [-0.39, 0.29) is 0 Å². The third-order valence-corrected chi connectivity index (χ3v) is 2.83. The van der Waals surface area contributed by atoms with Crippen LogP contribution in [0.2, 0.25) is 0 Å². The third-order valence-electron chi connectivity index (χ3n) is 2.83. The van der Waals surface area contributed by atoms with Gasteiger partial charge in [0.15, 0.2) is 5.65 Å². The van der Waals surface area contributed by atoms with Crippen LogP contribution in [-0.2, 0) is 0 Å². The zero-order chi connectivity index (χ0) is 10.1. The largest absolute Gasteiger partial charge is 0.355 e. The lowest BCUT2D eigenvalue weighted by Gasteiger charge is -2.27. The number of aromatic nitrogens is 4. The van der Waals surface area contributed by atoms with Crippen molar-refractivity contribution in [2.45, 2.75) is 19.3 Å². The van der Waals surface area contributed by atoms with Crippen molar-refractivity contribution >= 4 is 11.5 Å². The molecule has 0 aromatic carbocycles. The molecule has 3 heterocycles. The van der Waals surface area contributed by atoms with E-state index in [4.69, 9.17) is 0 Å². The topological polar surface area (TPSA) is 46.3 Å². The molecule has 1 aliphatic rings. The van der Waals surface area contributed by atoms with Crippen molar-refractivity contribution in [3.63, 3.8) is 0 Å². The quantitative estimate of drug-likeness (QED) is 0.696. The summed E-state index contributed by atoms with van der Waals surface area (Å²) in [5.41, 5.74) is 0.802. The first kappa shape index (κ1) is 8.64. The van der Waals surface area contributed by atoms with Gasteiger partial charge in [-0.25, -0.2) is 0 Å².